The molecule has 0 radical (unpaired) electrons. The SMILES string of the molecule is CCN(CC)CC1(CNCCOC)CCCCCC1. The van der Waals surface area contributed by atoms with Crippen LogP contribution in [-0.2, 0) is 4.74 Å². The Labute approximate surface area is 120 Å². The van der Waals surface area contributed by atoms with E-state index in [4.69, 9.17) is 4.74 Å². The van der Waals surface area contributed by atoms with Crippen molar-refractivity contribution < 1.29 is 4.74 Å². The third-order valence-electron chi connectivity index (χ3n) is 4.60. The van der Waals surface area contributed by atoms with E-state index < -0.39 is 0 Å². The molecule has 0 spiro atoms. The number of hydrogen-bond acceptors (Lipinski definition) is 3. The molecule has 0 atom stereocenters. The molecule has 0 aliphatic heterocycles. The van der Waals surface area contributed by atoms with Crippen molar-refractivity contribution in [1.29, 1.82) is 0 Å². The number of nitrogens with zero attached hydrogens (tertiary/aromatic N) is 1. The monoisotopic (exact) mass is 270 g/mol. The molecule has 1 rings (SSSR count). The molecule has 3 nitrogen and oxygen atoms in total. The molecule has 0 amide bonds. The van der Waals surface area contributed by atoms with Crippen molar-refractivity contribution >= 4 is 0 Å². The zero-order valence-electron chi connectivity index (χ0n) is 13.3. The first-order valence-corrected chi connectivity index (χ1v) is 8.18. The Morgan fingerprint density at radius 3 is 2.21 bits per heavy atom. The number of ether oxygens (including phenoxy) is 1. The normalized spacial score (nSPS) is 19.6. The maximum atomic E-state index is 5.14. The van der Waals surface area contributed by atoms with Gasteiger partial charge in [0, 0.05) is 26.7 Å². The van der Waals surface area contributed by atoms with E-state index in [-0.39, 0.29) is 0 Å². The van der Waals surface area contributed by atoms with Crippen LogP contribution in [0.4, 0.5) is 0 Å². The highest BCUT2D eigenvalue weighted by atomic mass is 16.5. The van der Waals surface area contributed by atoms with Crippen LogP contribution in [0.3, 0.4) is 0 Å². The first kappa shape index (κ1) is 16.9. The molecule has 1 N–H and O–H groups in total. The van der Waals surface area contributed by atoms with Crippen LogP contribution in [0, 0.1) is 5.41 Å². The van der Waals surface area contributed by atoms with Crippen molar-refractivity contribution in [1.82, 2.24) is 10.2 Å². The summed E-state index contributed by atoms with van der Waals surface area (Å²) in [5, 5.41) is 3.63. The van der Waals surface area contributed by atoms with Gasteiger partial charge in [0.25, 0.3) is 0 Å². The van der Waals surface area contributed by atoms with Crippen LogP contribution in [0.1, 0.15) is 52.4 Å². The van der Waals surface area contributed by atoms with Gasteiger partial charge in [-0.05, 0) is 31.3 Å². The maximum Gasteiger partial charge on any atom is 0.0587 e. The molecule has 0 heterocycles. The fourth-order valence-electron chi connectivity index (χ4n) is 3.32. The van der Waals surface area contributed by atoms with Crippen molar-refractivity contribution in [2.45, 2.75) is 52.4 Å². The molecular weight excluding hydrogens is 236 g/mol. The van der Waals surface area contributed by atoms with Gasteiger partial charge in [0.15, 0.2) is 0 Å². The second-order valence-electron chi connectivity index (χ2n) is 6.05. The molecule has 0 saturated heterocycles. The second-order valence-corrected chi connectivity index (χ2v) is 6.05. The molecule has 19 heavy (non-hydrogen) atoms. The standard InChI is InChI=1S/C16H34N2O/c1-4-18(5-2)15-16(14-17-12-13-19-3)10-8-6-7-9-11-16/h17H,4-15H2,1-3H3. The maximum absolute atomic E-state index is 5.14. The number of rotatable bonds is 9. The van der Waals surface area contributed by atoms with Crippen molar-refractivity contribution in [2.24, 2.45) is 5.41 Å². The summed E-state index contributed by atoms with van der Waals surface area (Å²) in [4.78, 5) is 2.60. The Hall–Kier alpha value is -0.120. The van der Waals surface area contributed by atoms with E-state index in [0.717, 1.165) is 19.7 Å². The van der Waals surface area contributed by atoms with E-state index in [0.29, 0.717) is 5.41 Å². The summed E-state index contributed by atoms with van der Waals surface area (Å²) in [6, 6.07) is 0. The number of hydrogen-bond donors (Lipinski definition) is 1. The second kappa shape index (κ2) is 9.73. The molecule has 0 aromatic rings. The molecule has 3 heteroatoms. The fourth-order valence-corrected chi connectivity index (χ4v) is 3.32. The molecular formula is C16H34N2O. The highest BCUT2D eigenvalue weighted by Gasteiger charge is 2.31. The average molecular weight is 270 g/mol. The molecule has 114 valence electrons. The summed E-state index contributed by atoms with van der Waals surface area (Å²) < 4.78 is 5.14. The number of nitrogens with one attached hydrogen (secondary N) is 1. The topological polar surface area (TPSA) is 24.5 Å². The summed E-state index contributed by atoms with van der Waals surface area (Å²) in [6.07, 6.45) is 8.46. The predicted molar refractivity (Wildman–Crippen MR) is 82.7 cm³/mol. The minimum Gasteiger partial charge on any atom is -0.383 e. The third kappa shape index (κ3) is 6.24. The first-order valence-electron chi connectivity index (χ1n) is 8.18. The van der Waals surface area contributed by atoms with Crippen LogP contribution in [0.2, 0.25) is 0 Å². The van der Waals surface area contributed by atoms with Gasteiger partial charge < -0.3 is 15.0 Å². The van der Waals surface area contributed by atoms with Crippen LogP contribution in [0.25, 0.3) is 0 Å². The molecule has 0 unspecified atom stereocenters. The Kier molecular flexibility index (Phi) is 8.67. The molecule has 1 saturated carbocycles. The van der Waals surface area contributed by atoms with Gasteiger partial charge in [-0.15, -0.1) is 0 Å². The van der Waals surface area contributed by atoms with Gasteiger partial charge >= 0.3 is 0 Å². The molecule has 1 fully saturated rings. The van der Waals surface area contributed by atoms with E-state index in [2.05, 4.69) is 24.1 Å². The lowest BCUT2D eigenvalue weighted by molar-refractivity contribution is 0.129. The van der Waals surface area contributed by atoms with Gasteiger partial charge in [-0.3, -0.25) is 0 Å². The van der Waals surface area contributed by atoms with Crippen molar-refractivity contribution in [3.05, 3.63) is 0 Å². The van der Waals surface area contributed by atoms with Crippen LogP contribution < -0.4 is 5.32 Å². The highest BCUT2D eigenvalue weighted by Crippen LogP contribution is 2.35. The summed E-state index contributed by atoms with van der Waals surface area (Å²) >= 11 is 0. The number of methoxy groups -OCH3 is 1. The highest BCUT2D eigenvalue weighted by molar-refractivity contribution is 4.86. The van der Waals surface area contributed by atoms with Crippen LogP contribution >= 0.6 is 0 Å². The van der Waals surface area contributed by atoms with Gasteiger partial charge in [-0.2, -0.15) is 0 Å². The lowest BCUT2D eigenvalue weighted by Crippen LogP contribution is -2.44. The van der Waals surface area contributed by atoms with Gasteiger partial charge in [0.1, 0.15) is 0 Å². The zero-order valence-corrected chi connectivity index (χ0v) is 13.3. The van der Waals surface area contributed by atoms with Gasteiger partial charge in [0.2, 0.25) is 0 Å². The van der Waals surface area contributed by atoms with E-state index in [9.17, 15) is 0 Å². The van der Waals surface area contributed by atoms with Gasteiger partial charge in [-0.25, -0.2) is 0 Å². The van der Waals surface area contributed by atoms with Gasteiger partial charge in [0.05, 0.1) is 6.61 Å². The lowest BCUT2D eigenvalue weighted by atomic mass is 9.79. The van der Waals surface area contributed by atoms with Crippen LogP contribution in [0.15, 0.2) is 0 Å². The minimum absolute atomic E-state index is 0.496. The molecule has 1 aliphatic carbocycles. The molecule has 0 bridgehead atoms. The van der Waals surface area contributed by atoms with Crippen molar-refractivity contribution in [2.75, 3.05) is 46.4 Å². The van der Waals surface area contributed by atoms with Crippen molar-refractivity contribution in [3.63, 3.8) is 0 Å². The van der Waals surface area contributed by atoms with Crippen molar-refractivity contribution in [3.8, 4) is 0 Å². The predicted octanol–water partition coefficient (Wildman–Crippen LogP) is 2.90. The van der Waals surface area contributed by atoms with E-state index >= 15 is 0 Å². The smallest absolute Gasteiger partial charge is 0.0587 e. The molecule has 0 aromatic carbocycles. The van der Waals surface area contributed by atoms with Crippen LogP contribution in [0.5, 0.6) is 0 Å². The third-order valence-corrected chi connectivity index (χ3v) is 4.60. The zero-order chi connectivity index (χ0) is 14.0. The summed E-state index contributed by atoms with van der Waals surface area (Å²) in [6.45, 7) is 11.1. The lowest BCUT2D eigenvalue weighted by Gasteiger charge is -2.38. The van der Waals surface area contributed by atoms with E-state index in [1.807, 2.05) is 0 Å². The summed E-state index contributed by atoms with van der Waals surface area (Å²) in [5.74, 6) is 0. The van der Waals surface area contributed by atoms with E-state index in [1.165, 1.54) is 58.2 Å². The average Bonchev–Trinajstić information content (AvgIpc) is 2.67. The fraction of sp³-hybridized carbons (Fsp3) is 1.00. The quantitative estimate of drug-likeness (QED) is 0.515. The summed E-state index contributed by atoms with van der Waals surface area (Å²) in [5.41, 5.74) is 0.496. The largest absolute Gasteiger partial charge is 0.383 e. The van der Waals surface area contributed by atoms with E-state index in [1.54, 1.807) is 7.11 Å². The van der Waals surface area contributed by atoms with Gasteiger partial charge in [-0.1, -0.05) is 39.5 Å². The Morgan fingerprint density at radius 2 is 1.68 bits per heavy atom. The van der Waals surface area contributed by atoms with Crippen LogP contribution in [-0.4, -0.2) is 51.3 Å². The minimum atomic E-state index is 0.496. The Balaban J connectivity index is 2.54. The first-order chi connectivity index (χ1) is 9.26. The summed E-state index contributed by atoms with van der Waals surface area (Å²) in [7, 11) is 1.78. The Morgan fingerprint density at radius 1 is 1.05 bits per heavy atom. The Bertz CT molecular complexity index is 209. The molecule has 1 aliphatic rings. The molecule has 0 aromatic heterocycles.